The largest absolute Gasteiger partial charge is 0.467 e. The Labute approximate surface area is 102 Å². The average Bonchev–Trinajstić information content (AvgIpc) is 2.25. The lowest BCUT2D eigenvalue weighted by Crippen LogP contribution is -2.15. The van der Waals surface area contributed by atoms with Gasteiger partial charge in [-0.2, -0.15) is 0 Å². The van der Waals surface area contributed by atoms with E-state index in [0.717, 1.165) is 26.2 Å². The molecule has 1 atom stereocenters. The van der Waals surface area contributed by atoms with E-state index >= 15 is 0 Å². The lowest BCUT2D eigenvalue weighted by atomic mass is 10.0. The van der Waals surface area contributed by atoms with E-state index in [2.05, 4.69) is 4.74 Å². The van der Waals surface area contributed by atoms with Gasteiger partial charge in [0, 0.05) is 23.1 Å². The van der Waals surface area contributed by atoms with Crippen molar-refractivity contribution < 1.29 is 23.4 Å². The molecule has 1 aromatic carbocycles. The van der Waals surface area contributed by atoms with E-state index in [1.165, 1.54) is 6.07 Å². The summed E-state index contributed by atoms with van der Waals surface area (Å²) in [6.07, 6.45) is -1.58. The van der Waals surface area contributed by atoms with Gasteiger partial charge in [-0.05, 0) is 6.07 Å². The number of halogens is 3. The second-order valence-corrected chi connectivity index (χ2v) is 3.96. The Bertz CT molecular complexity index is 429. The summed E-state index contributed by atoms with van der Waals surface area (Å²) in [6, 6.07) is 3.30. The Morgan fingerprint density at radius 3 is 2.53 bits per heavy atom. The molecule has 0 aliphatic rings. The van der Waals surface area contributed by atoms with Gasteiger partial charge in [0.15, 0.2) is 6.10 Å². The second kappa shape index (κ2) is 4.98. The molecule has 0 amide bonds. The van der Waals surface area contributed by atoms with Gasteiger partial charge < -0.3 is 9.84 Å². The summed E-state index contributed by atoms with van der Waals surface area (Å²) in [6.45, 7) is 0.731. The van der Waals surface area contributed by atoms with E-state index in [1.54, 1.807) is 0 Å². The van der Waals surface area contributed by atoms with Crippen molar-refractivity contribution in [3.63, 3.8) is 0 Å². The lowest BCUT2D eigenvalue weighted by molar-refractivity contribution is -0.150. The SMILES string of the molecule is COC(=O)C(O)c1ccc(C(C)(F)F)cc1Cl. The molecule has 1 rings (SSSR count). The predicted molar refractivity (Wildman–Crippen MR) is 58.0 cm³/mol. The molecular formula is C11H11ClF2O3. The number of alkyl halides is 2. The molecule has 3 nitrogen and oxygen atoms in total. The molecule has 94 valence electrons. The van der Waals surface area contributed by atoms with Gasteiger partial charge in [-0.3, -0.25) is 0 Å². The number of hydrogen-bond donors (Lipinski definition) is 1. The van der Waals surface area contributed by atoms with Crippen molar-refractivity contribution in [3.8, 4) is 0 Å². The Kier molecular flexibility index (Phi) is 4.06. The van der Waals surface area contributed by atoms with Crippen LogP contribution in [0.15, 0.2) is 18.2 Å². The minimum absolute atomic E-state index is 0.0338. The number of esters is 1. The van der Waals surface area contributed by atoms with Gasteiger partial charge in [-0.15, -0.1) is 0 Å². The van der Waals surface area contributed by atoms with E-state index in [-0.39, 0.29) is 16.1 Å². The van der Waals surface area contributed by atoms with Crippen molar-refractivity contribution in [2.24, 2.45) is 0 Å². The summed E-state index contributed by atoms with van der Waals surface area (Å²) < 4.78 is 30.3. The van der Waals surface area contributed by atoms with Crippen LogP contribution < -0.4 is 0 Å². The van der Waals surface area contributed by atoms with Gasteiger partial charge in [-0.1, -0.05) is 23.7 Å². The molecule has 0 bridgehead atoms. The maximum atomic E-state index is 13.0. The molecule has 0 aromatic heterocycles. The highest BCUT2D eigenvalue weighted by atomic mass is 35.5. The zero-order chi connectivity index (χ0) is 13.2. The van der Waals surface area contributed by atoms with E-state index in [1.807, 2.05) is 0 Å². The fraction of sp³-hybridized carbons (Fsp3) is 0.364. The van der Waals surface area contributed by atoms with Gasteiger partial charge in [0.1, 0.15) is 0 Å². The Balaban J connectivity index is 3.10. The first kappa shape index (κ1) is 13.9. The Morgan fingerprint density at radius 1 is 1.53 bits per heavy atom. The summed E-state index contributed by atoms with van der Waals surface area (Å²) in [5, 5.41) is 9.41. The molecule has 6 heteroatoms. The molecular weight excluding hydrogens is 254 g/mol. The molecule has 0 aliphatic heterocycles. The van der Waals surface area contributed by atoms with Crippen molar-refractivity contribution in [2.75, 3.05) is 7.11 Å². The summed E-state index contributed by atoms with van der Waals surface area (Å²) in [4.78, 5) is 11.1. The Morgan fingerprint density at radius 2 is 2.12 bits per heavy atom. The predicted octanol–water partition coefficient (Wildman–Crippen LogP) is 2.66. The second-order valence-electron chi connectivity index (χ2n) is 3.55. The quantitative estimate of drug-likeness (QED) is 0.854. The molecule has 0 spiro atoms. The van der Waals surface area contributed by atoms with Gasteiger partial charge in [0.2, 0.25) is 0 Å². The first-order valence-electron chi connectivity index (χ1n) is 4.71. The third-order valence-corrected chi connectivity index (χ3v) is 2.55. The fourth-order valence-corrected chi connectivity index (χ4v) is 1.54. The van der Waals surface area contributed by atoms with E-state index in [0.29, 0.717) is 0 Å². The zero-order valence-electron chi connectivity index (χ0n) is 9.21. The number of aliphatic hydroxyl groups is 1. The molecule has 17 heavy (non-hydrogen) atoms. The van der Waals surface area contributed by atoms with Crippen LogP contribution >= 0.6 is 11.6 Å². The highest BCUT2D eigenvalue weighted by molar-refractivity contribution is 6.31. The first-order valence-corrected chi connectivity index (χ1v) is 5.08. The van der Waals surface area contributed by atoms with Gasteiger partial charge >= 0.3 is 5.97 Å². The molecule has 1 aromatic rings. The van der Waals surface area contributed by atoms with Crippen LogP contribution in [0.5, 0.6) is 0 Å². The molecule has 1 unspecified atom stereocenters. The normalized spacial score (nSPS) is 13.3. The number of carbonyl (C=O) groups is 1. The Hall–Kier alpha value is -1.20. The molecule has 0 aliphatic carbocycles. The molecule has 0 heterocycles. The monoisotopic (exact) mass is 264 g/mol. The van der Waals surface area contributed by atoms with Gasteiger partial charge in [0.05, 0.1) is 7.11 Å². The maximum absolute atomic E-state index is 13.0. The first-order chi connectivity index (χ1) is 7.77. The topological polar surface area (TPSA) is 46.5 Å². The number of aliphatic hydroxyl groups excluding tert-OH is 1. The lowest BCUT2D eigenvalue weighted by Gasteiger charge is -2.14. The summed E-state index contributed by atoms with van der Waals surface area (Å²) >= 11 is 5.73. The van der Waals surface area contributed by atoms with Crippen LogP contribution in [-0.4, -0.2) is 18.2 Å². The van der Waals surface area contributed by atoms with Crippen molar-refractivity contribution in [1.82, 2.24) is 0 Å². The van der Waals surface area contributed by atoms with Gasteiger partial charge in [-0.25, -0.2) is 13.6 Å². The van der Waals surface area contributed by atoms with Crippen LogP contribution in [0.4, 0.5) is 8.78 Å². The smallest absolute Gasteiger partial charge is 0.339 e. The minimum atomic E-state index is -3.03. The third kappa shape index (κ3) is 3.14. The van der Waals surface area contributed by atoms with Gasteiger partial charge in [0.25, 0.3) is 5.92 Å². The van der Waals surface area contributed by atoms with Crippen LogP contribution in [0, 0.1) is 0 Å². The van der Waals surface area contributed by atoms with Crippen LogP contribution in [0.2, 0.25) is 5.02 Å². The molecule has 0 saturated carbocycles. The molecule has 0 radical (unpaired) electrons. The van der Waals surface area contributed by atoms with E-state index in [9.17, 15) is 18.7 Å². The van der Waals surface area contributed by atoms with Crippen molar-refractivity contribution in [1.29, 1.82) is 0 Å². The average molecular weight is 265 g/mol. The van der Waals surface area contributed by atoms with Crippen LogP contribution in [0.1, 0.15) is 24.2 Å². The van der Waals surface area contributed by atoms with Crippen LogP contribution in [-0.2, 0) is 15.5 Å². The number of methoxy groups -OCH3 is 1. The highest BCUT2D eigenvalue weighted by Gasteiger charge is 2.27. The number of hydrogen-bond acceptors (Lipinski definition) is 3. The highest BCUT2D eigenvalue weighted by Crippen LogP contribution is 2.32. The standard InChI is InChI=1S/C11H11ClF2O3/c1-11(13,14)6-3-4-7(8(12)5-6)9(15)10(16)17-2/h3-5,9,15H,1-2H3. The summed E-state index contributed by atoms with van der Waals surface area (Å²) in [7, 11) is 1.11. The number of benzene rings is 1. The molecule has 1 N–H and O–H groups in total. The summed E-state index contributed by atoms with van der Waals surface area (Å²) in [5.41, 5.74) is -0.255. The van der Waals surface area contributed by atoms with E-state index < -0.39 is 18.0 Å². The van der Waals surface area contributed by atoms with Crippen LogP contribution in [0.3, 0.4) is 0 Å². The molecule has 0 saturated heterocycles. The van der Waals surface area contributed by atoms with E-state index in [4.69, 9.17) is 11.6 Å². The van der Waals surface area contributed by atoms with Crippen molar-refractivity contribution in [2.45, 2.75) is 19.0 Å². The minimum Gasteiger partial charge on any atom is -0.467 e. The van der Waals surface area contributed by atoms with Crippen molar-refractivity contribution >= 4 is 17.6 Å². The zero-order valence-corrected chi connectivity index (χ0v) is 9.96. The summed E-state index contributed by atoms with van der Waals surface area (Å²) in [5.74, 6) is -3.93. The number of ether oxygens (including phenoxy) is 1. The maximum Gasteiger partial charge on any atom is 0.339 e. The fourth-order valence-electron chi connectivity index (χ4n) is 1.26. The molecule has 0 fully saturated rings. The third-order valence-electron chi connectivity index (χ3n) is 2.23. The van der Waals surface area contributed by atoms with Crippen molar-refractivity contribution in [3.05, 3.63) is 34.3 Å². The number of rotatable bonds is 3. The number of carbonyl (C=O) groups excluding carboxylic acids is 1. The van der Waals surface area contributed by atoms with Crippen LogP contribution in [0.25, 0.3) is 0 Å².